The Hall–Kier alpha value is -2.99. The highest BCUT2D eigenvalue weighted by Gasteiger charge is 2.09. The van der Waals surface area contributed by atoms with Crippen LogP contribution >= 0.6 is 0 Å². The van der Waals surface area contributed by atoms with E-state index in [1.54, 1.807) is 6.07 Å². The Kier molecular flexibility index (Phi) is 6.55. The molecule has 0 aliphatic carbocycles. The van der Waals surface area contributed by atoms with Crippen LogP contribution in [0, 0.1) is 29.3 Å². The lowest BCUT2D eigenvalue weighted by Gasteiger charge is -2.05. The standard InChI is InChI=1S/C25H21F3/c1-2-3-4-5-18-6-8-19(9-7-18)10-11-20-12-14-22(24(27)16-20)21-13-15-23(26)25(28)17-21/h6-9,12-17H,2-5H2,1H3. The summed E-state index contributed by atoms with van der Waals surface area (Å²) in [4.78, 5) is 0. The van der Waals surface area contributed by atoms with Crippen LogP contribution in [0.15, 0.2) is 60.7 Å². The molecule has 3 aromatic carbocycles. The van der Waals surface area contributed by atoms with Crippen molar-refractivity contribution in [1.82, 2.24) is 0 Å². The van der Waals surface area contributed by atoms with Gasteiger partial charge in [0.2, 0.25) is 0 Å². The smallest absolute Gasteiger partial charge is 0.159 e. The van der Waals surface area contributed by atoms with Crippen molar-refractivity contribution in [2.45, 2.75) is 32.6 Å². The van der Waals surface area contributed by atoms with Gasteiger partial charge in [-0.15, -0.1) is 0 Å². The lowest BCUT2D eigenvalue weighted by Crippen LogP contribution is -1.90. The van der Waals surface area contributed by atoms with Crippen LogP contribution in [0.1, 0.15) is 42.9 Å². The average Bonchev–Trinajstić information content (AvgIpc) is 2.70. The second-order valence-electron chi connectivity index (χ2n) is 6.73. The molecule has 0 aliphatic heterocycles. The van der Waals surface area contributed by atoms with Crippen LogP contribution in [0.25, 0.3) is 11.1 Å². The Morgan fingerprint density at radius 3 is 2.07 bits per heavy atom. The molecule has 28 heavy (non-hydrogen) atoms. The first-order valence-corrected chi connectivity index (χ1v) is 9.43. The molecule has 0 atom stereocenters. The molecule has 0 saturated heterocycles. The van der Waals surface area contributed by atoms with Gasteiger partial charge >= 0.3 is 0 Å². The van der Waals surface area contributed by atoms with Crippen LogP contribution in [-0.2, 0) is 6.42 Å². The third kappa shape index (κ3) is 5.04. The van der Waals surface area contributed by atoms with E-state index in [0.29, 0.717) is 5.56 Å². The van der Waals surface area contributed by atoms with Crippen LogP contribution in [0.2, 0.25) is 0 Å². The monoisotopic (exact) mass is 378 g/mol. The van der Waals surface area contributed by atoms with E-state index in [4.69, 9.17) is 0 Å². The minimum absolute atomic E-state index is 0.209. The molecule has 3 aromatic rings. The molecule has 0 heterocycles. The Balaban J connectivity index is 1.74. The van der Waals surface area contributed by atoms with Crippen LogP contribution in [-0.4, -0.2) is 0 Å². The van der Waals surface area contributed by atoms with E-state index in [1.807, 2.05) is 12.1 Å². The summed E-state index contributed by atoms with van der Waals surface area (Å²) in [7, 11) is 0. The maximum absolute atomic E-state index is 14.4. The van der Waals surface area contributed by atoms with Gasteiger partial charge in [0.15, 0.2) is 11.6 Å². The van der Waals surface area contributed by atoms with E-state index in [1.165, 1.54) is 43.0 Å². The molecular weight excluding hydrogens is 357 g/mol. The fraction of sp³-hybridized carbons (Fsp3) is 0.200. The van der Waals surface area contributed by atoms with Crippen LogP contribution in [0.3, 0.4) is 0 Å². The fourth-order valence-electron chi connectivity index (χ4n) is 2.97. The van der Waals surface area contributed by atoms with Crippen molar-refractivity contribution in [3.63, 3.8) is 0 Å². The molecule has 0 radical (unpaired) electrons. The van der Waals surface area contributed by atoms with Crippen molar-refractivity contribution in [2.24, 2.45) is 0 Å². The average molecular weight is 378 g/mol. The van der Waals surface area contributed by atoms with Crippen molar-refractivity contribution in [2.75, 3.05) is 0 Å². The molecule has 0 amide bonds. The third-order valence-electron chi connectivity index (χ3n) is 4.57. The number of aryl methyl sites for hydroxylation is 1. The Morgan fingerprint density at radius 1 is 0.679 bits per heavy atom. The Labute approximate surface area is 164 Å². The minimum atomic E-state index is -1.00. The molecule has 142 valence electrons. The van der Waals surface area contributed by atoms with Crippen molar-refractivity contribution < 1.29 is 13.2 Å². The molecule has 0 N–H and O–H groups in total. The molecule has 0 nitrogen and oxygen atoms in total. The fourth-order valence-corrected chi connectivity index (χ4v) is 2.97. The number of hydrogen-bond donors (Lipinski definition) is 0. The first-order valence-electron chi connectivity index (χ1n) is 9.43. The number of benzene rings is 3. The van der Waals surface area contributed by atoms with Gasteiger partial charge in [0.25, 0.3) is 0 Å². The predicted molar refractivity (Wildman–Crippen MR) is 107 cm³/mol. The van der Waals surface area contributed by atoms with E-state index in [-0.39, 0.29) is 11.1 Å². The summed E-state index contributed by atoms with van der Waals surface area (Å²) in [6.45, 7) is 2.19. The van der Waals surface area contributed by atoms with Gasteiger partial charge in [-0.05, 0) is 60.4 Å². The van der Waals surface area contributed by atoms with Crippen LogP contribution in [0.4, 0.5) is 13.2 Å². The third-order valence-corrected chi connectivity index (χ3v) is 4.57. The quantitative estimate of drug-likeness (QED) is 0.334. The highest BCUT2D eigenvalue weighted by Crippen LogP contribution is 2.25. The van der Waals surface area contributed by atoms with E-state index in [0.717, 1.165) is 24.1 Å². The summed E-state index contributed by atoms with van der Waals surface area (Å²) in [5.74, 6) is 3.50. The summed E-state index contributed by atoms with van der Waals surface area (Å²) in [5, 5.41) is 0. The molecular formula is C25H21F3. The molecule has 3 heteroatoms. The summed E-state index contributed by atoms with van der Waals surface area (Å²) in [6.07, 6.45) is 4.69. The second kappa shape index (κ2) is 9.28. The summed E-state index contributed by atoms with van der Waals surface area (Å²) in [5.41, 5.74) is 3.18. The van der Waals surface area contributed by atoms with Crippen LogP contribution < -0.4 is 0 Å². The molecule has 0 bridgehead atoms. The number of halogens is 3. The second-order valence-corrected chi connectivity index (χ2v) is 6.73. The largest absolute Gasteiger partial charge is 0.206 e. The summed E-state index contributed by atoms with van der Waals surface area (Å²) < 4.78 is 40.8. The first-order chi connectivity index (χ1) is 13.6. The zero-order valence-electron chi connectivity index (χ0n) is 15.7. The number of unbranched alkanes of at least 4 members (excludes halogenated alkanes) is 2. The molecule has 0 spiro atoms. The lowest BCUT2D eigenvalue weighted by atomic mass is 10.0. The lowest BCUT2D eigenvalue weighted by molar-refractivity contribution is 0.509. The maximum Gasteiger partial charge on any atom is 0.159 e. The summed E-state index contributed by atoms with van der Waals surface area (Å²) >= 11 is 0. The number of rotatable bonds is 5. The van der Waals surface area contributed by atoms with Gasteiger partial charge in [-0.3, -0.25) is 0 Å². The van der Waals surface area contributed by atoms with Gasteiger partial charge in [0.05, 0.1) is 0 Å². The first kappa shape index (κ1) is 19.8. The Bertz CT molecular complexity index is 1010. The molecule has 0 unspecified atom stereocenters. The molecule has 0 aromatic heterocycles. The van der Waals surface area contributed by atoms with E-state index < -0.39 is 17.5 Å². The van der Waals surface area contributed by atoms with Gasteiger partial charge in [-0.2, -0.15) is 0 Å². The highest BCUT2D eigenvalue weighted by molar-refractivity contribution is 5.65. The van der Waals surface area contributed by atoms with Crippen molar-refractivity contribution >= 4 is 0 Å². The van der Waals surface area contributed by atoms with Gasteiger partial charge in [0.1, 0.15) is 5.82 Å². The zero-order chi connectivity index (χ0) is 19.9. The molecule has 0 saturated carbocycles. The van der Waals surface area contributed by atoms with Gasteiger partial charge in [0, 0.05) is 16.7 Å². The van der Waals surface area contributed by atoms with Crippen molar-refractivity contribution in [3.05, 3.63) is 94.8 Å². The highest BCUT2D eigenvalue weighted by atomic mass is 19.2. The predicted octanol–water partition coefficient (Wildman–Crippen LogP) is 6.90. The maximum atomic E-state index is 14.4. The number of hydrogen-bond acceptors (Lipinski definition) is 0. The minimum Gasteiger partial charge on any atom is -0.206 e. The van der Waals surface area contributed by atoms with Crippen LogP contribution in [0.5, 0.6) is 0 Å². The molecule has 3 rings (SSSR count). The summed E-state index contributed by atoms with van der Waals surface area (Å²) in [6, 6.07) is 15.9. The van der Waals surface area contributed by atoms with Crippen molar-refractivity contribution in [3.8, 4) is 23.0 Å². The SMILES string of the molecule is CCCCCc1ccc(C#Cc2ccc(-c3ccc(F)c(F)c3)c(F)c2)cc1. The van der Waals surface area contributed by atoms with Gasteiger partial charge in [-0.25, -0.2) is 13.2 Å². The van der Waals surface area contributed by atoms with Crippen molar-refractivity contribution in [1.29, 1.82) is 0 Å². The Morgan fingerprint density at radius 2 is 1.39 bits per heavy atom. The molecule has 0 aliphatic rings. The van der Waals surface area contributed by atoms with E-state index in [2.05, 4.69) is 30.9 Å². The van der Waals surface area contributed by atoms with E-state index in [9.17, 15) is 13.2 Å². The van der Waals surface area contributed by atoms with Gasteiger partial charge in [-0.1, -0.05) is 55.9 Å². The zero-order valence-corrected chi connectivity index (χ0v) is 15.7. The van der Waals surface area contributed by atoms with Gasteiger partial charge < -0.3 is 0 Å². The topological polar surface area (TPSA) is 0 Å². The normalized spacial score (nSPS) is 10.4. The van der Waals surface area contributed by atoms with E-state index >= 15 is 0 Å². The molecule has 0 fully saturated rings.